The molecule has 0 fully saturated rings. The van der Waals surface area contributed by atoms with Crippen molar-refractivity contribution >= 4 is 50.7 Å². The van der Waals surface area contributed by atoms with Gasteiger partial charge in [-0.25, -0.2) is 10.0 Å². The summed E-state index contributed by atoms with van der Waals surface area (Å²) in [5.74, 6) is 0. The first-order chi connectivity index (χ1) is 9.13. The molecule has 96 valence electrons. The first-order valence-electron chi connectivity index (χ1n) is 5.68. The minimum absolute atomic E-state index is 0.597. The van der Waals surface area contributed by atoms with Crippen molar-refractivity contribution in [1.82, 2.24) is 0 Å². The van der Waals surface area contributed by atoms with E-state index < -0.39 is 0 Å². The molecule has 5 nitrogen and oxygen atoms in total. The van der Waals surface area contributed by atoms with Crippen LogP contribution in [0.3, 0.4) is 0 Å². The van der Waals surface area contributed by atoms with Crippen LogP contribution in [0.2, 0.25) is 0 Å². The molecule has 2 aromatic carbocycles. The number of rotatable bonds is 1. The van der Waals surface area contributed by atoms with Crippen LogP contribution in [0.1, 0.15) is 0 Å². The van der Waals surface area contributed by atoms with Crippen LogP contribution >= 0.6 is 15.9 Å². The van der Waals surface area contributed by atoms with E-state index in [2.05, 4.69) is 26.3 Å². The highest BCUT2D eigenvalue weighted by Crippen LogP contribution is 2.34. The van der Waals surface area contributed by atoms with Gasteiger partial charge in [0.15, 0.2) is 0 Å². The Morgan fingerprint density at radius 1 is 1.11 bits per heavy atom. The number of nitrogen functional groups attached to an aromatic ring is 2. The molecule has 1 heterocycles. The van der Waals surface area contributed by atoms with Gasteiger partial charge in [-0.2, -0.15) is 0 Å². The van der Waals surface area contributed by atoms with E-state index in [-0.39, 0.29) is 0 Å². The predicted octanol–water partition coefficient (Wildman–Crippen LogP) is 3.12. The summed E-state index contributed by atoms with van der Waals surface area (Å²) in [4.78, 5) is 4.40. The van der Waals surface area contributed by atoms with Crippen molar-refractivity contribution in [3.8, 4) is 0 Å². The van der Waals surface area contributed by atoms with Crippen LogP contribution in [0, 0.1) is 0 Å². The molecule has 0 aromatic heterocycles. The van der Waals surface area contributed by atoms with Gasteiger partial charge >= 0.3 is 0 Å². The Morgan fingerprint density at radius 2 is 1.95 bits per heavy atom. The number of fused-ring (bicyclic) bond motifs is 1. The highest BCUT2D eigenvalue weighted by atomic mass is 79.9. The second-order valence-electron chi connectivity index (χ2n) is 4.21. The van der Waals surface area contributed by atoms with Gasteiger partial charge in [-0.05, 0) is 36.4 Å². The molecule has 0 spiro atoms. The molecule has 0 saturated heterocycles. The Labute approximate surface area is 119 Å². The topological polar surface area (TPSA) is 79.7 Å². The molecule has 5 N–H and O–H groups in total. The third kappa shape index (κ3) is 2.22. The lowest BCUT2D eigenvalue weighted by Crippen LogP contribution is -2.31. The van der Waals surface area contributed by atoms with Crippen molar-refractivity contribution in [2.24, 2.45) is 4.99 Å². The molecular weight excluding hydrogens is 306 g/mol. The van der Waals surface area contributed by atoms with Crippen LogP contribution in [0.25, 0.3) is 0 Å². The Bertz CT molecular complexity index is 668. The van der Waals surface area contributed by atoms with E-state index in [1.807, 2.05) is 24.3 Å². The first-order valence-corrected chi connectivity index (χ1v) is 6.47. The Balaban J connectivity index is 1.96. The van der Waals surface area contributed by atoms with E-state index in [0.29, 0.717) is 11.4 Å². The smallest absolute Gasteiger partial charge is 0.116 e. The maximum absolute atomic E-state index is 5.97. The lowest BCUT2D eigenvalue weighted by atomic mass is 10.2. The maximum atomic E-state index is 5.97. The fourth-order valence-corrected chi connectivity index (χ4v) is 2.25. The molecule has 1 aliphatic rings. The summed E-state index contributed by atoms with van der Waals surface area (Å²) in [6.45, 7) is 0. The Morgan fingerprint density at radius 3 is 2.74 bits per heavy atom. The van der Waals surface area contributed by atoms with E-state index in [4.69, 9.17) is 11.5 Å². The van der Waals surface area contributed by atoms with Gasteiger partial charge in [-0.3, -0.25) is 5.43 Å². The van der Waals surface area contributed by atoms with Gasteiger partial charge in [-0.15, -0.1) is 0 Å². The molecule has 0 radical (unpaired) electrons. The molecule has 0 atom stereocenters. The van der Waals surface area contributed by atoms with E-state index in [9.17, 15) is 0 Å². The third-order valence-corrected chi connectivity index (χ3v) is 3.32. The fraction of sp³-hybridized carbons (Fsp3) is 0. The number of aliphatic imine (C=N–C) groups is 1. The van der Waals surface area contributed by atoms with E-state index in [0.717, 1.165) is 21.5 Å². The fourth-order valence-electron chi connectivity index (χ4n) is 1.90. The van der Waals surface area contributed by atoms with Crippen molar-refractivity contribution in [3.63, 3.8) is 0 Å². The molecule has 0 amide bonds. The van der Waals surface area contributed by atoms with Crippen molar-refractivity contribution in [1.29, 1.82) is 0 Å². The monoisotopic (exact) mass is 317 g/mol. The highest BCUT2D eigenvalue weighted by molar-refractivity contribution is 9.10. The summed E-state index contributed by atoms with van der Waals surface area (Å²) in [5, 5.41) is 1.77. The van der Waals surface area contributed by atoms with Crippen LogP contribution in [-0.4, -0.2) is 6.34 Å². The number of hydrazine groups is 1. The van der Waals surface area contributed by atoms with Crippen molar-refractivity contribution in [2.45, 2.75) is 0 Å². The second kappa shape index (κ2) is 4.47. The van der Waals surface area contributed by atoms with E-state index in [1.165, 1.54) is 0 Å². The van der Waals surface area contributed by atoms with Crippen LogP contribution in [-0.2, 0) is 0 Å². The van der Waals surface area contributed by atoms with Gasteiger partial charge in [-0.1, -0.05) is 15.9 Å². The van der Waals surface area contributed by atoms with Crippen molar-refractivity contribution in [2.75, 3.05) is 21.9 Å². The van der Waals surface area contributed by atoms with Gasteiger partial charge < -0.3 is 11.5 Å². The molecule has 0 aliphatic carbocycles. The summed E-state index contributed by atoms with van der Waals surface area (Å²) in [7, 11) is 0. The zero-order valence-corrected chi connectivity index (χ0v) is 11.6. The van der Waals surface area contributed by atoms with Crippen molar-refractivity contribution in [3.05, 3.63) is 40.9 Å². The number of nitrogens with zero attached hydrogens (tertiary/aromatic N) is 2. The molecule has 0 bridgehead atoms. The number of halogens is 1. The Hall–Kier alpha value is -2.21. The number of benzene rings is 2. The predicted molar refractivity (Wildman–Crippen MR) is 83.7 cm³/mol. The first kappa shape index (κ1) is 11.9. The van der Waals surface area contributed by atoms with Crippen LogP contribution < -0.4 is 21.9 Å². The molecule has 6 heteroatoms. The molecule has 2 aromatic rings. The standard InChI is InChI=1S/C13H12BrN5/c14-8-1-3-11-12(5-8)17-7-19(18-11)13-4-2-9(15)6-10(13)16/h1-7,18H,15-16H2. The molecule has 0 unspecified atom stereocenters. The second-order valence-corrected chi connectivity index (χ2v) is 5.12. The number of hydrogen-bond donors (Lipinski definition) is 3. The molecule has 19 heavy (non-hydrogen) atoms. The van der Waals surface area contributed by atoms with Crippen molar-refractivity contribution < 1.29 is 0 Å². The largest absolute Gasteiger partial charge is 0.399 e. The zero-order chi connectivity index (χ0) is 13.4. The number of nitrogens with two attached hydrogens (primary N) is 2. The summed E-state index contributed by atoms with van der Waals surface area (Å²) in [6.07, 6.45) is 1.69. The van der Waals surface area contributed by atoms with Crippen LogP contribution in [0.15, 0.2) is 45.9 Å². The summed E-state index contributed by atoms with van der Waals surface area (Å²) in [6, 6.07) is 11.2. The molecule has 1 aliphatic heterocycles. The van der Waals surface area contributed by atoms with Gasteiger partial charge in [0.2, 0.25) is 0 Å². The molecule has 0 saturated carbocycles. The van der Waals surface area contributed by atoms with Crippen LogP contribution in [0.4, 0.5) is 28.4 Å². The third-order valence-electron chi connectivity index (χ3n) is 2.82. The van der Waals surface area contributed by atoms with E-state index in [1.54, 1.807) is 23.5 Å². The normalized spacial score (nSPS) is 13.0. The minimum atomic E-state index is 0.597. The average molecular weight is 318 g/mol. The van der Waals surface area contributed by atoms with Gasteiger partial charge in [0, 0.05) is 10.2 Å². The average Bonchev–Trinajstić information content (AvgIpc) is 2.38. The maximum Gasteiger partial charge on any atom is 0.116 e. The summed E-state index contributed by atoms with van der Waals surface area (Å²) in [5.41, 5.74) is 18.7. The lowest BCUT2D eigenvalue weighted by molar-refractivity contribution is 1.20. The molecule has 3 rings (SSSR count). The summed E-state index contributed by atoms with van der Waals surface area (Å²) >= 11 is 3.42. The molecular formula is C13H12BrN5. The lowest BCUT2D eigenvalue weighted by Gasteiger charge is -2.27. The van der Waals surface area contributed by atoms with Gasteiger partial charge in [0.1, 0.15) is 6.34 Å². The van der Waals surface area contributed by atoms with Gasteiger partial charge in [0.05, 0.1) is 22.7 Å². The number of anilines is 4. The SMILES string of the molecule is Nc1ccc(N2C=Nc3cc(Br)ccc3N2)c(N)c1. The summed E-state index contributed by atoms with van der Waals surface area (Å²) < 4.78 is 0.991. The van der Waals surface area contributed by atoms with Gasteiger partial charge in [0.25, 0.3) is 0 Å². The number of hydrogen-bond acceptors (Lipinski definition) is 5. The Kier molecular flexibility index (Phi) is 2.79. The zero-order valence-electron chi connectivity index (χ0n) is 9.97. The van der Waals surface area contributed by atoms with Crippen LogP contribution in [0.5, 0.6) is 0 Å². The highest BCUT2D eigenvalue weighted by Gasteiger charge is 2.14. The quantitative estimate of drug-likeness (QED) is 0.706. The minimum Gasteiger partial charge on any atom is -0.399 e. The number of nitrogens with one attached hydrogen (secondary N) is 1. The van der Waals surface area contributed by atoms with E-state index >= 15 is 0 Å².